The Bertz CT molecular complexity index is 2450. The molecular weight excluding hydrogens is 615 g/mol. The van der Waals surface area contributed by atoms with Crippen LogP contribution in [-0.4, -0.2) is 11.6 Å². The van der Waals surface area contributed by atoms with Gasteiger partial charge in [-0.1, -0.05) is 59.7 Å². The van der Waals surface area contributed by atoms with E-state index in [4.69, 9.17) is 0 Å². The number of hydrogen-bond acceptors (Lipinski definition) is 5. The molecule has 2 heterocycles. The number of carbonyl (C=O) groups is 2. The van der Waals surface area contributed by atoms with Gasteiger partial charge >= 0.3 is 0 Å². The molecule has 47 heavy (non-hydrogen) atoms. The number of ketones is 2. The smallest absolute Gasteiger partial charge is 0.197 e. The summed E-state index contributed by atoms with van der Waals surface area (Å²) in [6.07, 6.45) is 1.78. The van der Waals surface area contributed by atoms with Crippen molar-refractivity contribution in [2.75, 3.05) is 4.90 Å². The Morgan fingerprint density at radius 1 is 0.511 bits per heavy atom. The Balaban J connectivity index is 1.08. The van der Waals surface area contributed by atoms with E-state index in [-0.39, 0.29) is 17.1 Å². The van der Waals surface area contributed by atoms with Crippen molar-refractivity contribution in [1.29, 1.82) is 0 Å². The summed E-state index contributed by atoms with van der Waals surface area (Å²) < 4.78 is 2.31. The first-order valence-electron chi connectivity index (χ1n) is 15.6. The zero-order chi connectivity index (χ0) is 31.8. The fraction of sp³-hybridized carbons (Fsp3) is 0.0476. The highest BCUT2D eigenvalue weighted by Crippen LogP contribution is 2.44. The molecular formula is C42H27NO2S2. The van der Waals surface area contributed by atoms with Crippen LogP contribution in [0.25, 0.3) is 47.8 Å². The van der Waals surface area contributed by atoms with Gasteiger partial charge in [-0.15, -0.1) is 22.7 Å². The van der Waals surface area contributed by atoms with Crippen molar-refractivity contribution in [2.45, 2.75) is 13.8 Å². The second kappa shape index (κ2) is 10.6. The predicted molar refractivity (Wildman–Crippen MR) is 199 cm³/mol. The van der Waals surface area contributed by atoms with E-state index < -0.39 is 0 Å². The summed E-state index contributed by atoms with van der Waals surface area (Å²) in [4.78, 5) is 30.4. The number of fused-ring (bicyclic) bond motifs is 5. The Morgan fingerprint density at radius 2 is 1.02 bits per heavy atom. The normalized spacial score (nSPS) is 12.9. The maximum atomic E-state index is 13.6. The average molecular weight is 642 g/mol. The van der Waals surface area contributed by atoms with Gasteiger partial charge in [0.1, 0.15) is 5.00 Å². The molecule has 5 heteroatoms. The number of anilines is 3. The van der Waals surface area contributed by atoms with E-state index in [2.05, 4.69) is 116 Å². The number of hydrogen-bond donors (Lipinski definition) is 0. The lowest BCUT2D eigenvalue weighted by Gasteiger charge is -2.23. The molecule has 2 aromatic heterocycles. The van der Waals surface area contributed by atoms with Crippen molar-refractivity contribution in [2.24, 2.45) is 0 Å². The van der Waals surface area contributed by atoms with Gasteiger partial charge in [0.2, 0.25) is 0 Å². The molecule has 6 aromatic carbocycles. The number of aryl methyl sites for hydroxylation is 2. The quantitative estimate of drug-likeness (QED) is 0.109. The lowest BCUT2D eigenvalue weighted by atomic mass is 9.99. The summed E-state index contributed by atoms with van der Waals surface area (Å²) in [5, 5.41) is 7.58. The SMILES string of the molecule is Cc1ccc(N(c2ccc(C)cc2)c2cc3cc4sc(C=C5C(=O)c6cc7cc8ccccc8cc7cc6C5=O)cc4cc3s2)cc1. The molecule has 0 fully saturated rings. The van der Waals surface area contributed by atoms with Crippen LogP contribution in [0.15, 0.2) is 127 Å². The van der Waals surface area contributed by atoms with Crippen molar-refractivity contribution in [1.82, 2.24) is 0 Å². The summed E-state index contributed by atoms with van der Waals surface area (Å²) >= 11 is 3.37. The standard InChI is InChI=1S/C42H27NO2S2/c1-24-7-11-32(12-8-24)43(33-13-9-25(2)10-14-33)40-22-31-21-38-30(20-39(31)47-40)17-34(46-38)23-37-41(44)35-18-28-15-26-5-3-4-6-27(26)16-29(28)19-36(35)42(37)45/h3-23H,1-2H3. The topological polar surface area (TPSA) is 37.4 Å². The van der Waals surface area contributed by atoms with Crippen molar-refractivity contribution in [3.05, 3.63) is 154 Å². The van der Waals surface area contributed by atoms with Crippen LogP contribution < -0.4 is 4.90 Å². The molecule has 0 spiro atoms. The van der Waals surface area contributed by atoms with E-state index in [1.807, 2.05) is 24.3 Å². The maximum absolute atomic E-state index is 13.6. The van der Waals surface area contributed by atoms with Crippen LogP contribution >= 0.6 is 22.7 Å². The number of Topliss-reactive ketones (excluding diaryl/α,β-unsaturated/α-hetero) is 2. The summed E-state index contributed by atoms with van der Waals surface area (Å²) in [7, 11) is 0. The highest BCUT2D eigenvalue weighted by atomic mass is 32.1. The van der Waals surface area contributed by atoms with E-state index in [1.165, 1.54) is 21.2 Å². The maximum Gasteiger partial charge on any atom is 0.197 e. The number of carbonyl (C=O) groups excluding carboxylic acids is 2. The van der Waals surface area contributed by atoms with Crippen LogP contribution in [0.5, 0.6) is 0 Å². The second-order valence-electron chi connectivity index (χ2n) is 12.3. The predicted octanol–water partition coefficient (Wildman–Crippen LogP) is 12.0. The third-order valence-corrected chi connectivity index (χ3v) is 11.2. The first-order valence-corrected chi connectivity index (χ1v) is 17.2. The fourth-order valence-corrected chi connectivity index (χ4v) is 8.76. The highest BCUT2D eigenvalue weighted by molar-refractivity contribution is 7.23. The molecule has 8 aromatic rings. The molecule has 0 saturated carbocycles. The number of benzene rings is 6. The summed E-state index contributed by atoms with van der Waals surface area (Å²) in [5.74, 6) is -0.397. The number of thiophene rings is 2. The molecule has 0 unspecified atom stereocenters. The molecule has 0 aliphatic heterocycles. The second-order valence-corrected chi connectivity index (χ2v) is 14.5. The van der Waals surface area contributed by atoms with E-state index in [0.717, 1.165) is 52.9 Å². The molecule has 3 nitrogen and oxygen atoms in total. The average Bonchev–Trinajstić information content (AvgIpc) is 3.73. The van der Waals surface area contributed by atoms with Gasteiger partial charge in [0, 0.05) is 36.8 Å². The summed E-state index contributed by atoms with van der Waals surface area (Å²) in [6, 6.07) is 42.2. The summed E-state index contributed by atoms with van der Waals surface area (Å²) in [6.45, 7) is 4.22. The minimum atomic E-state index is -0.199. The van der Waals surface area contributed by atoms with Crippen molar-refractivity contribution in [3.63, 3.8) is 0 Å². The van der Waals surface area contributed by atoms with Crippen LogP contribution in [0, 0.1) is 13.8 Å². The molecule has 0 atom stereocenters. The molecule has 0 radical (unpaired) electrons. The molecule has 224 valence electrons. The number of allylic oxidation sites excluding steroid dienone is 1. The number of rotatable bonds is 4. The van der Waals surface area contributed by atoms with Crippen LogP contribution in [0.2, 0.25) is 0 Å². The zero-order valence-corrected chi connectivity index (χ0v) is 27.3. The molecule has 0 amide bonds. The lowest BCUT2D eigenvalue weighted by Crippen LogP contribution is -2.08. The van der Waals surface area contributed by atoms with Gasteiger partial charge in [-0.25, -0.2) is 0 Å². The molecule has 0 bridgehead atoms. The Morgan fingerprint density at radius 3 is 1.57 bits per heavy atom. The third kappa shape index (κ3) is 4.70. The molecule has 9 rings (SSSR count). The fourth-order valence-electron chi connectivity index (χ4n) is 6.59. The van der Waals surface area contributed by atoms with Crippen LogP contribution in [0.4, 0.5) is 16.4 Å². The van der Waals surface area contributed by atoms with Gasteiger partial charge in [0.25, 0.3) is 0 Å². The Kier molecular flexibility index (Phi) is 6.29. The van der Waals surface area contributed by atoms with E-state index >= 15 is 0 Å². The van der Waals surface area contributed by atoms with Gasteiger partial charge in [0.15, 0.2) is 11.6 Å². The van der Waals surface area contributed by atoms with Crippen molar-refractivity contribution < 1.29 is 9.59 Å². The third-order valence-electron chi connectivity index (χ3n) is 9.07. The van der Waals surface area contributed by atoms with Crippen LogP contribution in [-0.2, 0) is 0 Å². The molecule has 0 saturated heterocycles. The van der Waals surface area contributed by atoms with E-state index in [1.54, 1.807) is 28.7 Å². The molecule has 0 N–H and O–H groups in total. The van der Waals surface area contributed by atoms with Crippen molar-refractivity contribution in [3.8, 4) is 0 Å². The highest BCUT2D eigenvalue weighted by Gasteiger charge is 2.33. The number of nitrogens with zero attached hydrogens (tertiary/aromatic N) is 1. The van der Waals surface area contributed by atoms with Crippen LogP contribution in [0.1, 0.15) is 36.7 Å². The Labute approximate surface area is 279 Å². The first-order chi connectivity index (χ1) is 22.9. The summed E-state index contributed by atoms with van der Waals surface area (Å²) in [5.41, 5.74) is 5.92. The van der Waals surface area contributed by atoms with Gasteiger partial charge in [0.05, 0.1) is 5.57 Å². The van der Waals surface area contributed by atoms with Gasteiger partial charge < -0.3 is 4.90 Å². The zero-order valence-electron chi connectivity index (χ0n) is 25.7. The van der Waals surface area contributed by atoms with Gasteiger partial charge in [-0.2, -0.15) is 0 Å². The largest absolute Gasteiger partial charge is 0.302 e. The van der Waals surface area contributed by atoms with Crippen LogP contribution in [0.3, 0.4) is 0 Å². The van der Waals surface area contributed by atoms with Gasteiger partial charge in [-0.05, 0) is 125 Å². The first kappa shape index (κ1) is 27.9. The minimum Gasteiger partial charge on any atom is -0.302 e. The lowest BCUT2D eigenvalue weighted by molar-refractivity contribution is 0.0990. The molecule has 1 aliphatic carbocycles. The monoisotopic (exact) mass is 641 g/mol. The van der Waals surface area contributed by atoms with Gasteiger partial charge in [-0.3, -0.25) is 9.59 Å². The van der Waals surface area contributed by atoms with E-state index in [9.17, 15) is 9.59 Å². The Hall–Kier alpha value is -5.36. The molecule has 1 aliphatic rings. The van der Waals surface area contributed by atoms with Crippen molar-refractivity contribution >= 4 is 98.4 Å². The van der Waals surface area contributed by atoms with E-state index in [0.29, 0.717) is 11.1 Å². The minimum absolute atomic E-state index is 0.199.